The molecule has 0 amide bonds. The van der Waals surface area contributed by atoms with Crippen molar-refractivity contribution in [2.24, 2.45) is 0 Å². The molecule has 2 aromatic carbocycles. The van der Waals surface area contributed by atoms with Gasteiger partial charge in [-0.2, -0.15) is 5.26 Å². The Bertz CT molecular complexity index is 1050. The summed E-state index contributed by atoms with van der Waals surface area (Å²) < 4.78 is 5.21. The van der Waals surface area contributed by atoms with Gasteiger partial charge >= 0.3 is 0 Å². The van der Waals surface area contributed by atoms with Crippen LogP contribution in [0.3, 0.4) is 0 Å². The first-order valence-electron chi connectivity index (χ1n) is 9.28. The van der Waals surface area contributed by atoms with E-state index in [1.807, 2.05) is 43.5 Å². The van der Waals surface area contributed by atoms with Gasteiger partial charge in [0.2, 0.25) is 0 Å². The summed E-state index contributed by atoms with van der Waals surface area (Å²) >= 11 is 6.25. The topological polar surface area (TPSA) is 90.2 Å². The van der Waals surface area contributed by atoms with Crippen LogP contribution in [0.1, 0.15) is 23.6 Å². The van der Waals surface area contributed by atoms with Gasteiger partial charge in [-0.1, -0.05) is 17.7 Å². The molecule has 0 aliphatic carbocycles. The Labute approximate surface area is 175 Å². The maximum atomic E-state index is 9.30. The zero-order valence-electron chi connectivity index (χ0n) is 16.4. The van der Waals surface area contributed by atoms with Crippen molar-refractivity contribution >= 4 is 28.2 Å². The van der Waals surface area contributed by atoms with Crippen LogP contribution in [0.5, 0.6) is 5.75 Å². The lowest BCUT2D eigenvalue weighted by Crippen LogP contribution is -2.29. The van der Waals surface area contributed by atoms with E-state index in [-0.39, 0.29) is 12.6 Å². The smallest absolute Gasteiger partial charge is 0.137 e. The first-order chi connectivity index (χ1) is 14.0. The Hall–Kier alpha value is -2.85. The summed E-state index contributed by atoms with van der Waals surface area (Å²) in [6.07, 6.45) is 1.81. The van der Waals surface area contributed by atoms with Crippen molar-refractivity contribution in [3.8, 4) is 11.8 Å². The van der Waals surface area contributed by atoms with Gasteiger partial charge < -0.3 is 20.5 Å². The van der Waals surface area contributed by atoms with Crippen LogP contribution in [0.2, 0.25) is 5.02 Å². The van der Waals surface area contributed by atoms with E-state index in [4.69, 9.17) is 16.3 Å². The Kier molecular flexibility index (Phi) is 6.89. The highest BCUT2D eigenvalue weighted by atomic mass is 35.5. The lowest BCUT2D eigenvalue weighted by molar-refractivity contribution is 0.251. The highest BCUT2D eigenvalue weighted by Gasteiger charge is 2.12. The molecule has 29 heavy (non-hydrogen) atoms. The number of aliphatic hydroxyl groups is 1. The summed E-state index contributed by atoms with van der Waals surface area (Å²) in [5.41, 5.74) is 4.23. The second-order valence-electron chi connectivity index (χ2n) is 6.79. The van der Waals surface area contributed by atoms with Crippen LogP contribution < -0.4 is 15.4 Å². The minimum Gasteiger partial charge on any atom is -0.495 e. The van der Waals surface area contributed by atoms with Crippen LogP contribution in [0.25, 0.3) is 10.9 Å². The van der Waals surface area contributed by atoms with Crippen LogP contribution in [0.4, 0.5) is 5.69 Å². The standard InChI is InChI=1S/C22H23ClN4O2/c1-14(13-28)25-11-17-12-26-20-5-3-15(9-24)7-18(20)22(17)27-10-16-4-6-21(29-2)19(23)8-16/h3-8,12,14,25,28H,10-11,13H2,1-2H3,(H,26,27). The number of hydrogen-bond donors (Lipinski definition) is 3. The number of rotatable bonds is 8. The number of benzene rings is 2. The molecule has 6 nitrogen and oxygen atoms in total. The summed E-state index contributed by atoms with van der Waals surface area (Å²) in [7, 11) is 1.58. The first-order valence-corrected chi connectivity index (χ1v) is 9.65. The maximum absolute atomic E-state index is 9.30. The Morgan fingerprint density at radius 1 is 1.24 bits per heavy atom. The third kappa shape index (κ3) is 4.96. The fraction of sp³-hybridized carbons (Fsp3) is 0.273. The molecular weight excluding hydrogens is 388 g/mol. The largest absolute Gasteiger partial charge is 0.495 e. The van der Waals surface area contributed by atoms with E-state index in [2.05, 4.69) is 21.7 Å². The summed E-state index contributed by atoms with van der Waals surface area (Å²) in [5, 5.41) is 26.8. The molecule has 150 valence electrons. The van der Waals surface area contributed by atoms with Gasteiger partial charge in [0.15, 0.2) is 0 Å². The number of aromatic nitrogens is 1. The maximum Gasteiger partial charge on any atom is 0.137 e. The minimum absolute atomic E-state index is 0.0376. The lowest BCUT2D eigenvalue weighted by atomic mass is 10.1. The number of nitrogens with zero attached hydrogens (tertiary/aromatic N) is 2. The molecule has 1 heterocycles. The summed E-state index contributed by atoms with van der Waals surface area (Å²) in [6.45, 7) is 3.04. The predicted octanol–water partition coefficient (Wildman–Crippen LogP) is 3.85. The number of nitrogens with one attached hydrogen (secondary N) is 2. The fourth-order valence-electron chi connectivity index (χ4n) is 3.01. The molecule has 0 bridgehead atoms. The van der Waals surface area contributed by atoms with Gasteiger partial charge in [-0.05, 0) is 42.8 Å². The molecule has 0 saturated heterocycles. The van der Waals surface area contributed by atoms with E-state index in [0.717, 1.165) is 27.7 Å². The molecule has 7 heteroatoms. The Morgan fingerprint density at radius 2 is 2.07 bits per heavy atom. The van der Waals surface area contributed by atoms with Gasteiger partial charge in [0, 0.05) is 42.0 Å². The Balaban J connectivity index is 1.95. The summed E-state index contributed by atoms with van der Waals surface area (Å²) in [4.78, 5) is 4.52. The van der Waals surface area contributed by atoms with Crippen molar-refractivity contribution in [3.63, 3.8) is 0 Å². The van der Waals surface area contributed by atoms with E-state index in [9.17, 15) is 10.4 Å². The van der Waals surface area contributed by atoms with Crippen molar-refractivity contribution in [1.82, 2.24) is 10.3 Å². The van der Waals surface area contributed by atoms with E-state index in [0.29, 0.717) is 29.4 Å². The predicted molar refractivity (Wildman–Crippen MR) is 115 cm³/mol. The number of ether oxygens (including phenoxy) is 1. The molecule has 0 radical (unpaired) electrons. The van der Waals surface area contributed by atoms with Gasteiger partial charge in [0.1, 0.15) is 5.75 Å². The minimum atomic E-state index is -0.0376. The normalized spacial score (nSPS) is 11.8. The molecule has 0 saturated carbocycles. The highest BCUT2D eigenvalue weighted by molar-refractivity contribution is 6.32. The van der Waals surface area contributed by atoms with Crippen molar-refractivity contribution in [2.75, 3.05) is 19.0 Å². The fourth-order valence-corrected chi connectivity index (χ4v) is 3.29. The van der Waals surface area contributed by atoms with Crippen LogP contribution in [-0.2, 0) is 13.1 Å². The molecule has 1 atom stereocenters. The van der Waals surface area contributed by atoms with Crippen molar-refractivity contribution in [3.05, 3.63) is 64.3 Å². The zero-order chi connectivity index (χ0) is 20.8. The summed E-state index contributed by atoms with van der Waals surface area (Å²) in [5.74, 6) is 0.631. The van der Waals surface area contributed by atoms with Crippen molar-refractivity contribution in [1.29, 1.82) is 5.26 Å². The molecule has 0 aliphatic heterocycles. The SMILES string of the molecule is COc1ccc(CNc2c(CNC(C)CO)cnc3ccc(C#N)cc23)cc1Cl. The third-order valence-electron chi connectivity index (χ3n) is 4.68. The van der Waals surface area contributed by atoms with Gasteiger partial charge in [0.05, 0.1) is 35.9 Å². The van der Waals surface area contributed by atoms with E-state index in [1.54, 1.807) is 13.2 Å². The molecular formula is C22H23ClN4O2. The van der Waals surface area contributed by atoms with Gasteiger partial charge in [-0.3, -0.25) is 4.98 Å². The lowest BCUT2D eigenvalue weighted by Gasteiger charge is -2.17. The van der Waals surface area contributed by atoms with Crippen LogP contribution in [0, 0.1) is 11.3 Å². The van der Waals surface area contributed by atoms with Gasteiger partial charge in [-0.15, -0.1) is 0 Å². The average Bonchev–Trinajstić information content (AvgIpc) is 2.75. The molecule has 3 aromatic rings. The highest BCUT2D eigenvalue weighted by Crippen LogP contribution is 2.29. The van der Waals surface area contributed by atoms with Gasteiger partial charge in [0.25, 0.3) is 0 Å². The zero-order valence-corrected chi connectivity index (χ0v) is 17.1. The molecule has 0 fully saturated rings. The molecule has 3 N–H and O–H groups in total. The van der Waals surface area contributed by atoms with Gasteiger partial charge in [-0.25, -0.2) is 0 Å². The van der Waals surface area contributed by atoms with E-state index >= 15 is 0 Å². The molecule has 3 rings (SSSR count). The second kappa shape index (κ2) is 9.57. The third-order valence-corrected chi connectivity index (χ3v) is 4.97. The number of anilines is 1. The Morgan fingerprint density at radius 3 is 2.76 bits per heavy atom. The molecule has 1 aromatic heterocycles. The number of pyridine rings is 1. The average molecular weight is 411 g/mol. The van der Waals surface area contributed by atoms with Crippen LogP contribution in [-0.4, -0.2) is 29.8 Å². The van der Waals surface area contributed by atoms with Crippen molar-refractivity contribution < 1.29 is 9.84 Å². The van der Waals surface area contributed by atoms with E-state index < -0.39 is 0 Å². The number of methoxy groups -OCH3 is 1. The number of halogens is 1. The van der Waals surface area contributed by atoms with Crippen LogP contribution in [0.15, 0.2) is 42.6 Å². The second-order valence-corrected chi connectivity index (χ2v) is 7.20. The van der Waals surface area contributed by atoms with Crippen molar-refractivity contribution in [2.45, 2.75) is 26.1 Å². The molecule has 1 unspecified atom stereocenters. The van der Waals surface area contributed by atoms with Crippen LogP contribution >= 0.6 is 11.6 Å². The summed E-state index contributed by atoms with van der Waals surface area (Å²) in [6, 6.07) is 13.2. The van der Waals surface area contributed by atoms with E-state index in [1.165, 1.54) is 0 Å². The first kappa shape index (κ1) is 20.9. The number of hydrogen-bond acceptors (Lipinski definition) is 6. The number of aliphatic hydroxyl groups excluding tert-OH is 1. The number of nitriles is 1. The number of fused-ring (bicyclic) bond motifs is 1. The quantitative estimate of drug-likeness (QED) is 0.522. The molecule has 0 spiro atoms. The molecule has 0 aliphatic rings. The monoisotopic (exact) mass is 410 g/mol.